The van der Waals surface area contributed by atoms with Crippen LogP contribution in [0.1, 0.15) is 36.6 Å². The second-order valence-corrected chi connectivity index (χ2v) is 8.02. The SMILES string of the molecule is CCOC(=O)[C@]1(C)N[C@H](c2cccc3ccccc23)c2c1c(O)c1ccccc1c2O. The molecule has 0 bridgehead atoms. The number of nitrogens with one attached hydrogen (secondary N) is 1. The van der Waals surface area contributed by atoms with E-state index >= 15 is 0 Å². The number of esters is 1. The summed E-state index contributed by atoms with van der Waals surface area (Å²) in [7, 11) is 0. The zero-order valence-corrected chi connectivity index (χ0v) is 17.3. The number of phenolic OH excluding ortho intramolecular Hbond substituents is 2. The van der Waals surface area contributed by atoms with E-state index in [0.29, 0.717) is 21.9 Å². The second kappa shape index (κ2) is 7.00. The van der Waals surface area contributed by atoms with Gasteiger partial charge in [-0.25, -0.2) is 4.79 Å². The van der Waals surface area contributed by atoms with Crippen LogP contribution in [0.5, 0.6) is 11.5 Å². The molecule has 3 N–H and O–H groups in total. The molecule has 0 aliphatic carbocycles. The normalized spacial score (nSPS) is 20.1. The molecule has 0 spiro atoms. The fourth-order valence-electron chi connectivity index (χ4n) is 4.81. The first kappa shape index (κ1) is 19.4. The van der Waals surface area contributed by atoms with Gasteiger partial charge >= 0.3 is 5.97 Å². The summed E-state index contributed by atoms with van der Waals surface area (Å²) in [6, 6.07) is 20.5. The average Bonchev–Trinajstić information content (AvgIpc) is 3.12. The van der Waals surface area contributed by atoms with Crippen LogP contribution in [-0.2, 0) is 15.1 Å². The Balaban J connectivity index is 1.86. The van der Waals surface area contributed by atoms with E-state index in [2.05, 4.69) is 5.32 Å². The molecule has 4 aromatic carbocycles. The van der Waals surface area contributed by atoms with Crippen LogP contribution in [0.2, 0.25) is 0 Å². The van der Waals surface area contributed by atoms with Crippen molar-refractivity contribution in [3.05, 3.63) is 83.4 Å². The van der Waals surface area contributed by atoms with Crippen molar-refractivity contribution in [1.29, 1.82) is 0 Å². The van der Waals surface area contributed by atoms with Gasteiger partial charge in [0.25, 0.3) is 0 Å². The summed E-state index contributed by atoms with van der Waals surface area (Å²) in [5, 5.41) is 29.1. The lowest BCUT2D eigenvalue weighted by Gasteiger charge is -2.25. The summed E-state index contributed by atoms with van der Waals surface area (Å²) in [6.45, 7) is 3.66. The Hall–Kier alpha value is -3.57. The van der Waals surface area contributed by atoms with Crippen molar-refractivity contribution in [1.82, 2.24) is 5.32 Å². The van der Waals surface area contributed by atoms with E-state index in [0.717, 1.165) is 16.3 Å². The zero-order valence-electron chi connectivity index (χ0n) is 17.3. The van der Waals surface area contributed by atoms with E-state index in [4.69, 9.17) is 4.74 Å². The number of ether oxygens (including phenoxy) is 1. The number of hydrogen-bond acceptors (Lipinski definition) is 5. The number of carbonyl (C=O) groups excluding carboxylic acids is 1. The fraction of sp³-hybridized carbons (Fsp3) is 0.192. The average molecular weight is 413 g/mol. The number of benzene rings is 4. The molecule has 2 atom stereocenters. The van der Waals surface area contributed by atoms with Crippen molar-refractivity contribution >= 4 is 27.5 Å². The van der Waals surface area contributed by atoms with Crippen LogP contribution < -0.4 is 5.32 Å². The molecule has 0 fully saturated rings. The van der Waals surface area contributed by atoms with Crippen LogP contribution in [0.25, 0.3) is 21.5 Å². The predicted molar refractivity (Wildman–Crippen MR) is 120 cm³/mol. The lowest BCUT2D eigenvalue weighted by Crippen LogP contribution is -2.44. The Labute approximate surface area is 179 Å². The molecule has 4 aromatic rings. The van der Waals surface area contributed by atoms with E-state index in [-0.39, 0.29) is 18.1 Å². The third-order valence-electron chi connectivity index (χ3n) is 6.24. The van der Waals surface area contributed by atoms with Gasteiger partial charge in [-0.15, -0.1) is 0 Å². The summed E-state index contributed by atoms with van der Waals surface area (Å²) in [6.07, 6.45) is 0. The highest BCUT2D eigenvalue weighted by atomic mass is 16.5. The van der Waals surface area contributed by atoms with Crippen molar-refractivity contribution in [3.8, 4) is 11.5 Å². The van der Waals surface area contributed by atoms with Crippen LogP contribution in [0.15, 0.2) is 66.7 Å². The van der Waals surface area contributed by atoms with Crippen LogP contribution in [0.4, 0.5) is 0 Å². The number of fused-ring (bicyclic) bond motifs is 3. The predicted octanol–water partition coefficient (Wildman–Crippen LogP) is 4.88. The van der Waals surface area contributed by atoms with Crippen molar-refractivity contribution in [2.45, 2.75) is 25.4 Å². The molecule has 0 saturated heterocycles. The lowest BCUT2D eigenvalue weighted by atomic mass is 9.86. The molecule has 156 valence electrons. The molecule has 0 saturated carbocycles. The maximum absolute atomic E-state index is 13.1. The molecule has 1 heterocycles. The Morgan fingerprint density at radius 3 is 2.26 bits per heavy atom. The van der Waals surface area contributed by atoms with Gasteiger partial charge in [-0.1, -0.05) is 66.7 Å². The molecule has 31 heavy (non-hydrogen) atoms. The Morgan fingerprint density at radius 1 is 0.935 bits per heavy atom. The Morgan fingerprint density at radius 2 is 1.55 bits per heavy atom. The number of phenols is 2. The largest absolute Gasteiger partial charge is 0.507 e. The highest BCUT2D eigenvalue weighted by Gasteiger charge is 2.51. The fourth-order valence-corrected chi connectivity index (χ4v) is 4.81. The summed E-state index contributed by atoms with van der Waals surface area (Å²) in [5.74, 6) is -0.458. The first-order valence-corrected chi connectivity index (χ1v) is 10.4. The van der Waals surface area contributed by atoms with Crippen molar-refractivity contribution in [3.63, 3.8) is 0 Å². The third kappa shape index (κ3) is 2.70. The number of carbonyl (C=O) groups is 1. The zero-order chi connectivity index (χ0) is 21.8. The van der Waals surface area contributed by atoms with Crippen molar-refractivity contribution < 1.29 is 19.7 Å². The van der Waals surface area contributed by atoms with Gasteiger partial charge in [0.05, 0.1) is 12.6 Å². The molecular weight excluding hydrogens is 390 g/mol. The van der Waals surface area contributed by atoms with Gasteiger partial charge in [-0.05, 0) is 30.2 Å². The molecule has 1 aliphatic rings. The van der Waals surface area contributed by atoms with E-state index in [1.54, 1.807) is 32.0 Å². The van der Waals surface area contributed by atoms with E-state index < -0.39 is 17.6 Å². The second-order valence-electron chi connectivity index (χ2n) is 8.02. The number of aromatic hydroxyl groups is 2. The minimum absolute atomic E-state index is 0.0193. The van der Waals surface area contributed by atoms with Crippen molar-refractivity contribution in [2.75, 3.05) is 6.61 Å². The Kier molecular flexibility index (Phi) is 4.38. The quantitative estimate of drug-likeness (QED) is 0.330. The van der Waals surface area contributed by atoms with E-state index in [1.807, 2.05) is 48.5 Å². The van der Waals surface area contributed by atoms with E-state index in [1.165, 1.54) is 0 Å². The number of hydrogen-bond donors (Lipinski definition) is 3. The van der Waals surface area contributed by atoms with Crippen LogP contribution in [0, 0.1) is 0 Å². The molecule has 1 aliphatic heterocycles. The highest BCUT2D eigenvalue weighted by Crippen LogP contribution is 2.53. The van der Waals surface area contributed by atoms with Gasteiger partial charge in [0, 0.05) is 21.9 Å². The first-order chi connectivity index (χ1) is 15.0. The van der Waals surface area contributed by atoms with E-state index in [9.17, 15) is 15.0 Å². The summed E-state index contributed by atoms with van der Waals surface area (Å²) in [4.78, 5) is 13.1. The lowest BCUT2D eigenvalue weighted by molar-refractivity contribution is -0.150. The molecule has 0 radical (unpaired) electrons. The minimum Gasteiger partial charge on any atom is -0.507 e. The standard InChI is InChI=1S/C26H23NO4/c1-3-31-25(30)26(2)21-20(23(28)18-12-6-7-13-19(18)24(21)29)22(27-26)17-14-8-10-15-9-4-5-11-16(15)17/h4-14,22,27-29H,3H2,1-2H3/t22-,26-/m1/s1. The summed E-state index contributed by atoms with van der Waals surface area (Å²) in [5.41, 5.74) is 0.457. The Bertz CT molecular complexity index is 1340. The van der Waals surface area contributed by atoms with Crippen LogP contribution in [0.3, 0.4) is 0 Å². The summed E-state index contributed by atoms with van der Waals surface area (Å²) < 4.78 is 5.37. The molecule has 5 rings (SSSR count). The molecule has 5 nitrogen and oxygen atoms in total. The monoisotopic (exact) mass is 413 g/mol. The highest BCUT2D eigenvalue weighted by molar-refractivity contribution is 6.00. The van der Waals surface area contributed by atoms with Crippen LogP contribution >= 0.6 is 0 Å². The third-order valence-corrected chi connectivity index (χ3v) is 6.24. The topological polar surface area (TPSA) is 78.8 Å². The van der Waals surface area contributed by atoms with Crippen molar-refractivity contribution in [2.24, 2.45) is 0 Å². The number of rotatable bonds is 3. The molecule has 0 aromatic heterocycles. The van der Waals surface area contributed by atoms with Gasteiger partial charge in [-0.2, -0.15) is 0 Å². The van der Waals surface area contributed by atoms with Gasteiger partial charge in [0.15, 0.2) is 0 Å². The van der Waals surface area contributed by atoms with Crippen LogP contribution in [-0.4, -0.2) is 22.8 Å². The smallest absolute Gasteiger partial charge is 0.330 e. The molecule has 0 unspecified atom stereocenters. The molecule has 0 amide bonds. The molecule has 5 heteroatoms. The van der Waals surface area contributed by atoms with Gasteiger partial charge in [0.2, 0.25) is 0 Å². The maximum Gasteiger partial charge on any atom is 0.330 e. The minimum atomic E-state index is -1.32. The maximum atomic E-state index is 13.1. The van der Waals surface area contributed by atoms with Gasteiger partial charge < -0.3 is 14.9 Å². The molecular formula is C26H23NO4. The van der Waals surface area contributed by atoms with Gasteiger partial charge in [0.1, 0.15) is 17.0 Å². The first-order valence-electron chi connectivity index (χ1n) is 10.4. The summed E-state index contributed by atoms with van der Waals surface area (Å²) >= 11 is 0. The van der Waals surface area contributed by atoms with Gasteiger partial charge in [-0.3, -0.25) is 5.32 Å².